The van der Waals surface area contributed by atoms with Crippen LogP contribution in [0.4, 0.5) is 0 Å². The van der Waals surface area contributed by atoms with Crippen molar-refractivity contribution in [3.8, 4) is 0 Å². The Balaban J connectivity index is 1.06. The molecular formula is C26H33N3O2S. The Morgan fingerprint density at radius 1 is 0.844 bits per heavy atom. The van der Waals surface area contributed by atoms with Gasteiger partial charge in [0.1, 0.15) is 0 Å². The first-order valence-electron chi connectivity index (χ1n) is 12.0. The molecule has 0 spiro atoms. The molecule has 6 heteroatoms. The summed E-state index contributed by atoms with van der Waals surface area (Å²) in [6, 6.07) is 18.0. The Hall–Kier alpha value is -2.18. The monoisotopic (exact) mass is 451 g/mol. The zero-order valence-electron chi connectivity index (χ0n) is 18.5. The lowest BCUT2D eigenvalue weighted by molar-refractivity contribution is 0.275. The first-order valence-corrected chi connectivity index (χ1v) is 13.5. The number of sulfonamides is 1. The van der Waals surface area contributed by atoms with E-state index in [-0.39, 0.29) is 0 Å². The van der Waals surface area contributed by atoms with Crippen molar-refractivity contribution in [1.82, 2.24) is 10.0 Å². The first-order chi connectivity index (χ1) is 15.6. The molecule has 170 valence electrons. The molecule has 0 amide bonds. The predicted molar refractivity (Wildman–Crippen MR) is 128 cm³/mol. The van der Waals surface area contributed by atoms with Gasteiger partial charge in [0.05, 0.1) is 16.8 Å². The number of nitrogens with one attached hydrogen (secondary N) is 2. The molecular weight excluding hydrogens is 418 g/mol. The number of nitrogens with zero attached hydrogens (tertiary/aromatic N) is 1. The van der Waals surface area contributed by atoms with Gasteiger partial charge >= 0.3 is 0 Å². The maximum atomic E-state index is 12.4. The number of fused-ring (bicyclic) bond motifs is 3. The van der Waals surface area contributed by atoms with E-state index in [4.69, 9.17) is 4.99 Å². The fourth-order valence-electron chi connectivity index (χ4n) is 5.63. The van der Waals surface area contributed by atoms with Crippen LogP contribution in [-0.2, 0) is 16.4 Å². The van der Waals surface area contributed by atoms with E-state index in [1.165, 1.54) is 17.0 Å². The third-order valence-electron chi connectivity index (χ3n) is 7.54. The lowest BCUT2D eigenvalue weighted by Crippen LogP contribution is -2.34. The number of rotatable bonds is 6. The molecule has 0 radical (unpaired) electrons. The van der Waals surface area contributed by atoms with Gasteiger partial charge in [-0.2, -0.15) is 0 Å². The quantitative estimate of drug-likeness (QED) is 0.689. The smallest absolute Gasteiger partial charge is 0.240 e. The van der Waals surface area contributed by atoms with Crippen LogP contribution in [0.25, 0.3) is 0 Å². The molecule has 5 rings (SSSR count). The van der Waals surface area contributed by atoms with Gasteiger partial charge in [0, 0.05) is 25.4 Å². The molecule has 0 unspecified atom stereocenters. The molecule has 0 saturated heterocycles. The molecule has 2 atom stereocenters. The topological polar surface area (TPSA) is 70.6 Å². The molecule has 32 heavy (non-hydrogen) atoms. The van der Waals surface area contributed by atoms with Crippen molar-refractivity contribution in [2.45, 2.75) is 61.8 Å². The van der Waals surface area contributed by atoms with Crippen LogP contribution in [0.15, 0.2) is 64.5 Å². The number of hydrogen-bond acceptors (Lipinski definition) is 4. The maximum absolute atomic E-state index is 12.4. The molecule has 0 bridgehead atoms. The molecule has 1 aliphatic heterocycles. The molecule has 5 nitrogen and oxygen atoms in total. The Morgan fingerprint density at radius 3 is 2.31 bits per heavy atom. The van der Waals surface area contributed by atoms with Crippen molar-refractivity contribution in [3.63, 3.8) is 0 Å². The highest BCUT2D eigenvalue weighted by Gasteiger charge is 2.35. The zero-order chi connectivity index (χ0) is 22.0. The Morgan fingerprint density at radius 2 is 1.53 bits per heavy atom. The van der Waals surface area contributed by atoms with Crippen LogP contribution in [0, 0.1) is 11.8 Å². The average molecular weight is 452 g/mol. The van der Waals surface area contributed by atoms with E-state index in [0.29, 0.717) is 35.2 Å². The molecule has 1 heterocycles. The normalized spacial score (nSPS) is 27.3. The summed E-state index contributed by atoms with van der Waals surface area (Å²) in [6.45, 7) is 1.52. The van der Waals surface area contributed by atoms with Gasteiger partial charge in [0.15, 0.2) is 0 Å². The number of aryl methyl sites for hydroxylation is 1. The minimum absolute atomic E-state index is 0.346. The van der Waals surface area contributed by atoms with Crippen LogP contribution in [0.3, 0.4) is 0 Å². The summed E-state index contributed by atoms with van der Waals surface area (Å²) in [5.41, 5.74) is 3.01. The van der Waals surface area contributed by atoms with Gasteiger partial charge in [-0.25, -0.2) is 13.1 Å². The summed E-state index contributed by atoms with van der Waals surface area (Å²) < 4.78 is 27.7. The van der Waals surface area contributed by atoms with Gasteiger partial charge in [-0.15, -0.1) is 0 Å². The summed E-state index contributed by atoms with van der Waals surface area (Å²) in [7, 11) is -3.40. The van der Waals surface area contributed by atoms with Crippen molar-refractivity contribution in [3.05, 3.63) is 65.7 Å². The van der Waals surface area contributed by atoms with Gasteiger partial charge in [0.2, 0.25) is 10.0 Å². The summed E-state index contributed by atoms with van der Waals surface area (Å²) >= 11 is 0. The fraction of sp³-hybridized carbons (Fsp3) is 0.500. The van der Waals surface area contributed by atoms with Gasteiger partial charge in [-0.05, 0) is 73.6 Å². The van der Waals surface area contributed by atoms with E-state index < -0.39 is 10.0 Å². The zero-order valence-corrected chi connectivity index (χ0v) is 19.4. The van der Waals surface area contributed by atoms with Gasteiger partial charge in [0.25, 0.3) is 0 Å². The number of hydrogen-bond donors (Lipinski definition) is 2. The first kappa shape index (κ1) is 21.7. The van der Waals surface area contributed by atoms with E-state index >= 15 is 0 Å². The summed E-state index contributed by atoms with van der Waals surface area (Å²) in [4.78, 5) is 5.37. The summed E-state index contributed by atoms with van der Waals surface area (Å²) in [5.74, 6) is 2.81. The fourth-order valence-corrected chi connectivity index (χ4v) is 6.76. The van der Waals surface area contributed by atoms with E-state index in [2.05, 4.69) is 34.3 Å². The second-order valence-electron chi connectivity index (χ2n) is 9.62. The van der Waals surface area contributed by atoms with Crippen molar-refractivity contribution in [2.24, 2.45) is 16.8 Å². The van der Waals surface area contributed by atoms with Crippen LogP contribution >= 0.6 is 0 Å². The minimum atomic E-state index is -3.40. The van der Waals surface area contributed by atoms with E-state index in [9.17, 15) is 8.42 Å². The molecule has 2 N–H and O–H groups in total. The summed E-state index contributed by atoms with van der Waals surface area (Å²) in [5, 5.41) is 3.67. The van der Waals surface area contributed by atoms with Crippen LogP contribution in [0.2, 0.25) is 0 Å². The SMILES string of the molecule is O=S(=O)(NCC1CCC(CNC2=N[C@@H]3CCc4ccccc4[C@@H]3C2)CC1)c1ccccc1. The van der Waals surface area contributed by atoms with E-state index in [0.717, 1.165) is 51.5 Å². The number of amidine groups is 1. The highest BCUT2D eigenvalue weighted by atomic mass is 32.2. The minimum Gasteiger partial charge on any atom is -0.374 e. The largest absolute Gasteiger partial charge is 0.374 e. The third-order valence-corrected chi connectivity index (χ3v) is 8.98. The Kier molecular flexibility index (Phi) is 6.33. The third kappa shape index (κ3) is 4.76. The Labute approximate surface area is 191 Å². The van der Waals surface area contributed by atoms with Crippen LogP contribution in [-0.4, -0.2) is 33.4 Å². The highest BCUT2D eigenvalue weighted by Crippen LogP contribution is 2.39. The van der Waals surface area contributed by atoms with E-state index in [1.807, 2.05) is 6.07 Å². The van der Waals surface area contributed by atoms with Crippen molar-refractivity contribution < 1.29 is 8.42 Å². The van der Waals surface area contributed by atoms with Gasteiger partial charge < -0.3 is 5.32 Å². The molecule has 2 aliphatic carbocycles. The van der Waals surface area contributed by atoms with Gasteiger partial charge in [-0.3, -0.25) is 4.99 Å². The molecule has 3 aliphatic rings. The second-order valence-corrected chi connectivity index (χ2v) is 11.4. The van der Waals surface area contributed by atoms with Crippen LogP contribution < -0.4 is 10.0 Å². The maximum Gasteiger partial charge on any atom is 0.240 e. The highest BCUT2D eigenvalue weighted by molar-refractivity contribution is 7.89. The number of aliphatic imine (C=N–C) groups is 1. The molecule has 2 aromatic rings. The lowest BCUT2D eigenvalue weighted by atomic mass is 9.79. The van der Waals surface area contributed by atoms with E-state index in [1.54, 1.807) is 24.3 Å². The standard InChI is InChI=1S/C26H33N3O2S/c30-32(31,22-7-2-1-3-8-22)28-18-20-12-10-19(11-13-20)17-27-26-16-24-23-9-5-4-6-21(23)14-15-25(24)29-26/h1-9,19-20,24-25,28H,10-18H2,(H,27,29)/t19?,20?,24-,25+/m0/s1. The average Bonchev–Trinajstić information content (AvgIpc) is 3.26. The predicted octanol–water partition coefficient (Wildman–Crippen LogP) is 4.26. The molecule has 2 aromatic carbocycles. The van der Waals surface area contributed by atoms with Crippen molar-refractivity contribution in [2.75, 3.05) is 13.1 Å². The molecule has 1 saturated carbocycles. The number of benzene rings is 2. The molecule has 1 fully saturated rings. The Bertz CT molecular complexity index is 1060. The van der Waals surface area contributed by atoms with Gasteiger partial charge in [-0.1, -0.05) is 42.5 Å². The summed E-state index contributed by atoms with van der Waals surface area (Å²) in [6.07, 6.45) is 7.80. The van der Waals surface area contributed by atoms with Crippen molar-refractivity contribution >= 4 is 15.9 Å². The van der Waals surface area contributed by atoms with Crippen molar-refractivity contribution in [1.29, 1.82) is 0 Å². The van der Waals surface area contributed by atoms with Crippen LogP contribution in [0.1, 0.15) is 55.6 Å². The molecule has 0 aromatic heterocycles. The second kappa shape index (κ2) is 9.36. The lowest BCUT2D eigenvalue weighted by Gasteiger charge is -2.29. The van der Waals surface area contributed by atoms with Crippen LogP contribution in [0.5, 0.6) is 0 Å².